The van der Waals surface area contributed by atoms with Gasteiger partial charge in [0.1, 0.15) is 0 Å². The van der Waals surface area contributed by atoms with E-state index in [0.717, 1.165) is 26.1 Å². The topological polar surface area (TPSA) is 33.3 Å². The molecule has 94 valence electrons. The lowest BCUT2D eigenvalue weighted by molar-refractivity contribution is 0.195. The van der Waals surface area contributed by atoms with Gasteiger partial charge in [-0.25, -0.2) is 0 Å². The Morgan fingerprint density at radius 1 is 1.29 bits per heavy atom. The van der Waals surface area contributed by atoms with Gasteiger partial charge in [-0.2, -0.15) is 0 Å². The third-order valence-electron chi connectivity index (χ3n) is 2.51. The van der Waals surface area contributed by atoms with Crippen molar-refractivity contribution in [1.29, 1.82) is 0 Å². The number of ether oxygens (including phenoxy) is 1. The quantitative estimate of drug-likeness (QED) is 0.599. The molecule has 0 bridgehead atoms. The summed E-state index contributed by atoms with van der Waals surface area (Å²) in [5.74, 6) is 0. The van der Waals surface area contributed by atoms with Crippen molar-refractivity contribution in [2.24, 2.45) is 0 Å². The second kappa shape index (κ2) is 8.03. The monoisotopic (exact) mass is 252 g/mol. The van der Waals surface area contributed by atoms with Crippen molar-refractivity contribution >= 4 is 17.3 Å². The van der Waals surface area contributed by atoms with Crippen LogP contribution in [0.2, 0.25) is 0 Å². The smallest absolute Gasteiger partial charge is 0.166 e. The van der Waals surface area contributed by atoms with Crippen LogP contribution in [0.1, 0.15) is 17.5 Å². The number of aryl methyl sites for hydroxylation is 1. The zero-order chi connectivity index (χ0) is 12.5. The molecule has 0 radical (unpaired) electrons. The number of rotatable bonds is 6. The summed E-state index contributed by atoms with van der Waals surface area (Å²) in [6.45, 7) is 4.47. The molecule has 0 aliphatic rings. The van der Waals surface area contributed by atoms with Crippen LogP contribution in [0.5, 0.6) is 0 Å². The Hall–Kier alpha value is -1.13. The summed E-state index contributed by atoms with van der Waals surface area (Å²) < 4.78 is 4.96. The summed E-state index contributed by atoms with van der Waals surface area (Å²) in [6.07, 6.45) is 0.961. The maximum absolute atomic E-state index is 5.18. The molecule has 0 amide bonds. The standard InChI is InChI=1S/C13H20N2OS/c1-11-6-3-4-7-12(11)10-15-13(17)14-8-5-9-16-2/h3-4,6-7H,5,8-10H2,1-2H3,(H2,14,15,17). The normalized spacial score (nSPS) is 10.0. The van der Waals surface area contributed by atoms with Crippen LogP contribution in [0, 0.1) is 6.92 Å². The second-order valence-electron chi connectivity index (χ2n) is 3.88. The highest BCUT2D eigenvalue weighted by molar-refractivity contribution is 7.80. The third kappa shape index (κ3) is 5.65. The van der Waals surface area contributed by atoms with Gasteiger partial charge in [-0.05, 0) is 36.7 Å². The highest BCUT2D eigenvalue weighted by Gasteiger charge is 1.98. The van der Waals surface area contributed by atoms with Gasteiger partial charge in [0.05, 0.1) is 0 Å². The van der Waals surface area contributed by atoms with Crippen molar-refractivity contribution in [3.05, 3.63) is 35.4 Å². The Labute approximate surface area is 109 Å². The van der Waals surface area contributed by atoms with Gasteiger partial charge < -0.3 is 15.4 Å². The molecule has 0 saturated heterocycles. The van der Waals surface area contributed by atoms with Crippen LogP contribution in [-0.4, -0.2) is 25.4 Å². The summed E-state index contributed by atoms with van der Waals surface area (Å²) in [5, 5.41) is 7.04. The van der Waals surface area contributed by atoms with E-state index in [1.54, 1.807) is 7.11 Å². The fraction of sp³-hybridized carbons (Fsp3) is 0.462. The predicted octanol–water partition coefficient (Wildman–Crippen LogP) is 2.00. The SMILES string of the molecule is COCCCNC(=S)NCc1ccccc1C. The Morgan fingerprint density at radius 2 is 2.06 bits per heavy atom. The summed E-state index contributed by atoms with van der Waals surface area (Å²) in [5.41, 5.74) is 2.55. The van der Waals surface area contributed by atoms with Gasteiger partial charge in [-0.3, -0.25) is 0 Å². The zero-order valence-electron chi connectivity index (χ0n) is 10.5. The van der Waals surface area contributed by atoms with E-state index in [1.165, 1.54) is 11.1 Å². The Kier molecular flexibility index (Phi) is 6.58. The summed E-state index contributed by atoms with van der Waals surface area (Å²) in [4.78, 5) is 0. The van der Waals surface area contributed by atoms with E-state index in [4.69, 9.17) is 17.0 Å². The van der Waals surface area contributed by atoms with Gasteiger partial charge in [0.25, 0.3) is 0 Å². The molecule has 0 atom stereocenters. The molecular formula is C13H20N2OS. The minimum atomic E-state index is 0.698. The Bertz CT molecular complexity index is 355. The highest BCUT2D eigenvalue weighted by Crippen LogP contribution is 2.05. The molecule has 0 spiro atoms. The van der Waals surface area contributed by atoms with Crippen molar-refractivity contribution < 1.29 is 4.74 Å². The molecule has 0 saturated carbocycles. The lowest BCUT2D eigenvalue weighted by Crippen LogP contribution is -2.35. The van der Waals surface area contributed by atoms with Crippen LogP contribution in [0.4, 0.5) is 0 Å². The maximum Gasteiger partial charge on any atom is 0.166 e. The first-order chi connectivity index (χ1) is 8.24. The lowest BCUT2D eigenvalue weighted by atomic mass is 10.1. The number of methoxy groups -OCH3 is 1. The molecule has 3 nitrogen and oxygen atoms in total. The minimum absolute atomic E-state index is 0.698. The molecule has 4 heteroatoms. The summed E-state index contributed by atoms with van der Waals surface area (Å²) >= 11 is 5.18. The molecule has 0 aromatic heterocycles. The molecule has 0 aliphatic carbocycles. The van der Waals surface area contributed by atoms with Crippen LogP contribution in [0.25, 0.3) is 0 Å². The lowest BCUT2D eigenvalue weighted by Gasteiger charge is -2.11. The highest BCUT2D eigenvalue weighted by atomic mass is 32.1. The number of hydrogen-bond donors (Lipinski definition) is 2. The van der Waals surface area contributed by atoms with Crippen LogP contribution in [0.15, 0.2) is 24.3 Å². The fourth-order valence-electron chi connectivity index (χ4n) is 1.46. The van der Waals surface area contributed by atoms with E-state index in [1.807, 2.05) is 12.1 Å². The summed E-state index contributed by atoms with van der Waals surface area (Å²) in [6, 6.07) is 8.29. The Balaban J connectivity index is 2.22. The van der Waals surface area contributed by atoms with Gasteiger partial charge >= 0.3 is 0 Å². The van der Waals surface area contributed by atoms with E-state index < -0.39 is 0 Å². The minimum Gasteiger partial charge on any atom is -0.385 e. The average molecular weight is 252 g/mol. The van der Waals surface area contributed by atoms with Crippen LogP contribution in [-0.2, 0) is 11.3 Å². The van der Waals surface area contributed by atoms with Crippen molar-refractivity contribution in [1.82, 2.24) is 10.6 Å². The van der Waals surface area contributed by atoms with Crippen molar-refractivity contribution in [3.8, 4) is 0 Å². The van der Waals surface area contributed by atoms with Crippen LogP contribution < -0.4 is 10.6 Å². The molecule has 0 aliphatic heterocycles. The van der Waals surface area contributed by atoms with Gasteiger partial charge in [0, 0.05) is 26.8 Å². The van der Waals surface area contributed by atoms with E-state index in [2.05, 4.69) is 29.7 Å². The second-order valence-corrected chi connectivity index (χ2v) is 4.29. The van der Waals surface area contributed by atoms with Gasteiger partial charge in [-0.1, -0.05) is 24.3 Å². The first-order valence-electron chi connectivity index (χ1n) is 5.79. The van der Waals surface area contributed by atoms with Crippen molar-refractivity contribution in [2.75, 3.05) is 20.3 Å². The molecule has 1 aromatic carbocycles. The summed E-state index contributed by atoms with van der Waals surface area (Å²) in [7, 11) is 1.70. The maximum atomic E-state index is 5.18. The number of hydrogen-bond acceptors (Lipinski definition) is 2. The van der Waals surface area contributed by atoms with Crippen LogP contribution in [0.3, 0.4) is 0 Å². The van der Waals surface area contributed by atoms with Crippen molar-refractivity contribution in [2.45, 2.75) is 19.9 Å². The van der Waals surface area contributed by atoms with E-state index >= 15 is 0 Å². The molecule has 1 rings (SSSR count). The van der Waals surface area contributed by atoms with E-state index in [-0.39, 0.29) is 0 Å². The zero-order valence-corrected chi connectivity index (χ0v) is 11.3. The van der Waals surface area contributed by atoms with E-state index in [0.29, 0.717) is 5.11 Å². The number of nitrogens with one attached hydrogen (secondary N) is 2. The average Bonchev–Trinajstić information content (AvgIpc) is 2.34. The molecule has 1 aromatic rings. The number of thiocarbonyl (C=S) groups is 1. The number of benzene rings is 1. The van der Waals surface area contributed by atoms with Gasteiger partial charge in [-0.15, -0.1) is 0 Å². The van der Waals surface area contributed by atoms with Crippen LogP contribution >= 0.6 is 12.2 Å². The van der Waals surface area contributed by atoms with Crippen molar-refractivity contribution in [3.63, 3.8) is 0 Å². The predicted molar refractivity (Wildman–Crippen MR) is 75.1 cm³/mol. The Morgan fingerprint density at radius 3 is 2.76 bits per heavy atom. The third-order valence-corrected chi connectivity index (χ3v) is 2.80. The van der Waals surface area contributed by atoms with E-state index in [9.17, 15) is 0 Å². The molecule has 0 unspecified atom stereocenters. The van der Waals surface area contributed by atoms with Gasteiger partial charge in [0.2, 0.25) is 0 Å². The first-order valence-corrected chi connectivity index (χ1v) is 6.20. The fourth-order valence-corrected chi connectivity index (χ4v) is 1.64. The molecule has 2 N–H and O–H groups in total. The first kappa shape index (κ1) is 13.9. The molecule has 17 heavy (non-hydrogen) atoms. The largest absolute Gasteiger partial charge is 0.385 e. The molecular weight excluding hydrogens is 232 g/mol. The molecule has 0 heterocycles. The van der Waals surface area contributed by atoms with Gasteiger partial charge in [0.15, 0.2) is 5.11 Å². The molecule has 0 fully saturated rings.